The Hall–Kier alpha value is -2.16. The molecule has 0 aliphatic rings. The minimum atomic E-state index is -0.419. The van der Waals surface area contributed by atoms with Crippen molar-refractivity contribution in [2.45, 2.75) is 6.04 Å². The summed E-state index contributed by atoms with van der Waals surface area (Å²) >= 11 is 0. The summed E-state index contributed by atoms with van der Waals surface area (Å²) in [4.78, 5) is 5.33. The molecule has 0 bridgehead atoms. The molecule has 0 unspecified atom stereocenters. The number of nitrogens with zero attached hydrogens (tertiary/aromatic N) is 6. The molecule has 1 aromatic rings. The highest BCUT2D eigenvalue weighted by atomic mass is 15.2. The van der Waals surface area contributed by atoms with Crippen LogP contribution in [-0.2, 0) is 0 Å². The van der Waals surface area contributed by atoms with Crippen LogP contribution in [0.5, 0.6) is 0 Å². The predicted molar refractivity (Wildman–Crippen MR) is 52.3 cm³/mol. The van der Waals surface area contributed by atoms with Crippen molar-refractivity contribution in [2.75, 3.05) is 6.54 Å². The highest BCUT2D eigenvalue weighted by Gasteiger charge is 2.06. The van der Waals surface area contributed by atoms with Crippen LogP contribution in [0.25, 0.3) is 20.9 Å². The molecule has 0 heterocycles. The van der Waals surface area contributed by atoms with Crippen LogP contribution in [0.3, 0.4) is 0 Å². The summed E-state index contributed by atoms with van der Waals surface area (Å²) in [5, 5.41) is 6.93. The summed E-state index contributed by atoms with van der Waals surface area (Å²) < 4.78 is 0. The van der Waals surface area contributed by atoms with Crippen LogP contribution < -0.4 is 0 Å². The number of benzene rings is 1. The lowest BCUT2D eigenvalue weighted by atomic mass is 10.1. The van der Waals surface area contributed by atoms with Gasteiger partial charge in [0.25, 0.3) is 0 Å². The zero-order chi connectivity index (χ0) is 10.2. The van der Waals surface area contributed by atoms with Crippen LogP contribution in [0.1, 0.15) is 11.6 Å². The minimum absolute atomic E-state index is 0.143. The molecule has 0 amide bonds. The molecule has 0 spiro atoms. The Labute approximate surface area is 80.4 Å². The van der Waals surface area contributed by atoms with E-state index < -0.39 is 6.04 Å². The van der Waals surface area contributed by atoms with Crippen molar-refractivity contribution in [3.05, 3.63) is 56.8 Å². The molecule has 14 heavy (non-hydrogen) atoms. The van der Waals surface area contributed by atoms with Gasteiger partial charge in [0.15, 0.2) is 0 Å². The second-order valence-electron chi connectivity index (χ2n) is 2.54. The van der Waals surface area contributed by atoms with Gasteiger partial charge in [-0.25, -0.2) is 0 Å². The number of rotatable bonds is 4. The molecule has 0 aromatic heterocycles. The molecule has 6 heteroatoms. The maximum absolute atomic E-state index is 8.32. The van der Waals surface area contributed by atoms with Gasteiger partial charge in [-0.3, -0.25) is 0 Å². The maximum Gasteiger partial charge on any atom is 0.0681 e. The van der Waals surface area contributed by atoms with E-state index in [4.69, 9.17) is 11.1 Å². The second-order valence-corrected chi connectivity index (χ2v) is 2.54. The largest absolute Gasteiger partial charge is 0.0932 e. The Morgan fingerprint density at radius 1 is 1.14 bits per heavy atom. The molecule has 0 aliphatic heterocycles. The number of hydrogen-bond donors (Lipinski definition) is 0. The summed E-state index contributed by atoms with van der Waals surface area (Å²) in [5.74, 6) is 0. The first kappa shape index (κ1) is 9.92. The quantitative estimate of drug-likeness (QED) is 0.393. The molecular formula is C8H8N6. The fourth-order valence-electron chi connectivity index (χ4n) is 1.06. The van der Waals surface area contributed by atoms with Gasteiger partial charge in [0.1, 0.15) is 0 Å². The normalized spacial score (nSPS) is 10.9. The van der Waals surface area contributed by atoms with Crippen molar-refractivity contribution < 1.29 is 0 Å². The lowest BCUT2D eigenvalue weighted by Gasteiger charge is -2.06. The Morgan fingerprint density at radius 3 is 2.43 bits per heavy atom. The topological polar surface area (TPSA) is 97.5 Å². The monoisotopic (exact) mass is 188 g/mol. The maximum atomic E-state index is 8.32. The van der Waals surface area contributed by atoms with Gasteiger partial charge in [-0.2, -0.15) is 0 Å². The standard InChI is InChI=1S/C8H8N6/c9-13-11-6-8(12-14-10)7-4-2-1-3-5-7/h1-5,8H,6H2/t8-/m0/s1. The van der Waals surface area contributed by atoms with Crippen LogP contribution in [0.4, 0.5) is 0 Å². The van der Waals surface area contributed by atoms with Crippen LogP contribution in [0.15, 0.2) is 40.6 Å². The molecule has 1 rings (SSSR count). The van der Waals surface area contributed by atoms with E-state index in [1.54, 1.807) is 0 Å². The molecule has 6 nitrogen and oxygen atoms in total. The zero-order valence-electron chi connectivity index (χ0n) is 7.35. The van der Waals surface area contributed by atoms with Gasteiger partial charge in [-0.1, -0.05) is 40.6 Å². The molecule has 1 atom stereocenters. The predicted octanol–water partition coefficient (Wildman–Crippen LogP) is 3.35. The first-order valence-electron chi connectivity index (χ1n) is 3.98. The highest BCUT2D eigenvalue weighted by Crippen LogP contribution is 2.17. The molecule has 1 aromatic carbocycles. The third-order valence-corrected chi connectivity index (χ3v) is 1.69. The molecule has 0 fully saturated rings. The lowest BCUT2D eigenvalue weighted by molar-refractivity contribution is 0.727. The van der Waals surface area contributed by atoms with Gasteiger partial charge in [-0.05, 0) is 16.6 Å². The van der Waals surface area contributed by atoms with E-state index in [1.807, 2.05) is 30.3 Å². The fraction of sp³-hybridized carbons (Fsp3) is 0.250. The van der Waals surface area contributed by atoms with Crippen LogP contribution >= 0.6 is 0 Å². The summed E-state index contributed by atoms with van der Waals surface area (Å²) in [6, 6.07) is 8.77. The van der Waals surface area contributed by atoms with E-state index in [0.29, 0.717) is 0 Å². The van der Waals surface area contributed by atoms with Crippen molar-refractivity contribution >= 4 is 0 Å². The molecule has 0 saturated carbocycles. The van der Waals surface area contributed by atoms with E-state index in [9.17, 15) is 0 Å². The number of hydrogen-bond acceptors (Lipinski definition) is 2. The Bertz CT molecular complexity index is 374. The third-order valence-electron chi connectivity index (χ3n) is 1.69. The first-order chi connectivity index (χ1) is 6.88. The highest BCUT2D eigenvalue weighted by molar-refractivity contribution is 5.19. The molecule has 0 radical (unpaired) electrons. The summed E-state index contributed by atoms with van der Waals surface area (Å²) in [6.07, 6.45) is 0. The van der Waals surface area contributed by atoms with E-state index in [1.165, 1.54) is 0 Å². The Kier molecular flexibility index (Phi) is 3.88. The van der Waals surface area contributed by atoms with Crippen molar-refractivity contribution in [1.29, 1.82) is 0 Å². The summed E-state index contributed by atoms with van der Waals surface area (Å²) in [6.45, 7) is 0.143. The SMILES string of the molecule is [N-]=[N+]=NC[C@H](N=[N+]=[N-])c1ccccc1. The average molecular weight is 188 g/mol. The van der Waals surface area contributed by atoms with Gasteiger partial charge < -0.3 is 0 Å². The average Bonchev–Trinajstić information content (AvgIpc) is 2.25. The second kappa shape index (κ2) is 5.48. The van der Waals surface area contributed by atoms with Crippen LogP contribution in [0, 0.1) is 0 Å². The summed E-state index contributed by atoms with van der Waals surface area (Å²) in [5.41, 5.74) is 17.3. The van der Waals surface area contributed by atoms with Crippen LogP contribution in [0.2, 0.25) is 0 Å². The molecule has 0 aliphatic carbocycles. The minimum Gasteiger partial charge on any atom is -0.0932 e. The van der Waals surface area contributed by atoms with Crippen molar-refractivity contribution in [1.82, 2.24) is 0 Å². The Balaban J connectivity index is 2.88. The summed E-state index contributed by atoms with van der Waals surface area (Å²) in [7, 11) is 0. The third kappa shape index (κ3) is 2.71. The van der Waals surface area contributed by atoms with E-state index >= 15 is 0 Å². The van der Waals surface area contributed by atoms with Crippen molar-refractivity contribution in [3.8, 4) is 0 Å². The van der Waals surface area contributed by atoms with Gasteiger partial charge in [0.05, 0.1) is 6.04 Å². The van der Waals surface area contributed by atoms with Crippen molar-refractivity contribution in [3.63, 3.8) is 0 Å². The smallest absolute Gasteiger partial charge is 0.0681 e. The van der Waals surface area contributed by atoms with E-state index in [0.717, 1.165) is 5.56 Å². The van der Waals surface area contributed by atoms with Crippen molar-refractivity contribution in [2.24, 2.45) is 10.2 Å². The fourth-order valence-corrected chi connectivity index (χ4v) is 1.06. The molecule has 0 saturated heterocycles. The van der Waals surface area contributed by atoms with E-state index in [-0.39, 0.29) is 6.54 Å². The Morgan fingerprint density at radius 2 is 1.86 bits per heavy atom. The zero-order valence-corrected chi connectivity index (χ0v) is 7.35. The van der Waals surface area contributed by atoms with Crippen LogP contribution in [-0.4, -0.2) is 6.54 Å². The first-order valence-corrected chi connectivity index (χ1v) is 3.98. The van der Waals surface area contributed by atoms with Gasteiger partial charge >= 0.3 is 0 Å². The van der Waals surface area contributed by atoms with Gasteiger partial charge in [0, 0.05) is 16.4 Å². The molecule has 70 valence electrons. The molecular weight excluding hydrogens is 180 g/mol. The van der Waals surface area contributed by atoms with E-state index in [2.05, 4.69) is 20.1 Å². The van der Waals surface area contributed by atoms with Gasteiger partial charge in [-0.15, -0.1) is 0 Å². The lowest BCUT2D eigenvalue weighted by Crippen LogP contribution is -1.97. The molecule has 0 N–H and O–H groups in total. The van der Waals surface area contributed by atoms with Gasteiger partial charge in [0.2, 0.25) is 0 Å². The number of azide groups is 2.